The zero-order valence-corrected chi connectivity index (χ0v) is 13.6. The van der Waals surface area contributed by atoms with Crippen molar-refractivity contribution in [3.8, 4) is 11.5 Å². The van der Waals surface area contributed by atoms with Crippen LogP contribution in [0.4, 0.5) is 0 Å². The van der Waals surface area contributed by atoms with Crippen LogP contribution in [-0.2, 0) is 4.79 Å². The number of hydrogen-bond acceptors (Lipinski definition) is 3. The van der Waals surface area contributed by atoms with E-state index in [0.29, 0.717) is 24.5 Å². The molecular weight excluding hydrogens is 288 g/mol. The molecule has 0 saturated heterocycles. The second kappa shape index (κ2) is 8.18. The molecule has 2 aromatic carbocycles. The fourth-order valence-electron chi connectivity index (χ4n) is 2.34. The molecule has 1 aliphatic rings. The van der Waals surface area contributed by atoms with E-state index in [9.17, 15) is 4.79 Å². The van der Waals surface area contributed by atoms with Crippen LogP contribution in [0.3, 0.4) is 0 Å². The van der Waals surface area contributed by atoms with E-state index in [1.54, 1.807) is 20.3 Å². The molecule has 23 heavy (non-hydrogen) atoms. The number of ketones is 1. The van der Waals surface area contributed by atoms with Gasteiger partial charge in [-0.15, -0.1) is 0 Å². The summed E-state index contributed by atoms with van der Waals surface area (Å²) < 4.78 is 10.0. The molecule has 1 fully saturated rings. The standard InChI is InChI=1S/C11H12O2.C9H10O/c1-13-11-4-2-8(3-5-11)9-6-10(12)7-9;1-3-8-4-6-9(10-2)7-5-8/h2-5,9H,6-7H2,1H3;3-7H,1H2,2H3. The molecule has 0 radical (unpaired) electrons. The molecule has 0 bridgehead atoms. The van der Waals surface area contributed by atoms with Crippen molar-refractivity contribution in [1.82, 2.24) is 0 Å². The van der Waals surface area contributed by atoms with Crippen molar-refractivity contribution in [1.29, 1.82) is 0 Å². The van der Waals surface area contributed by atoms with Crippen LogP contribution in [0.2, 0.25) is 0 Å². The highest BCUT2D eigenvalue weighted by Gasteiger charge is 2.27. The summed E-state index contributed by atoms with van der Waals surface area (Å²) in [5.41, 5.74) is 2.36. The maximum Gasteiger partial charge on any atom is 0.134 e. The van der Waals surface area contributed by atoms with E-state index in [1.807, 2.05) is 48.5 Å². The number of methoxy groups -OCH3 is 2. The molecule has 0 N–H and O–H groups in total. The van der Waals surface area contributed by atoms with Gasteiger partial charge in [0.25, 0.3) is 0 Å². The van der Waals surface area contributed by atoms with Gasteiger partial charge in [-0.3, -0.25) is 4.79 Å². The van der Waals surface area contributed by atoms with Crippen molar-refractivity contribution >= 4 is 11.9 Å². The first-order chi connectivity index (χ1) is 11.2. The van der Waals surface area contributed by atoms with Gasteiger partial charge in [0, 0.05) is 12.8 Å². The normalized spacial score (nSPS) is 13.4. The summed E-state index contributed by atoms with van der Waals surface area (Å²) in [7, 11) is 3.31. The smallest absolute Gasteiger partial charge is 0.134 e. The van der Waals surface area contributed by atoms with Gasteiger partial charge in [-0.25, -0.2) is 0 Å². The van der Waals surface area contributed by atoms with Gasteiger partial charge in [0.2, 0.25) is 0 Å². The van der Waals surface area contributed by atoms with Gasteiger partial charge < -0.3 is 9.47 Å². The van der Waals surface area contributed by atoms with E-state index in [0.717, 1.165) is 17.1 Å². The van der Waals surface area contributed by atoms with E-state index in [4.69, 9.17) is 9.47 Å². The van der Waals surface area contributed by atoms with E-state index < -0.39 is 0 Å². The predicted octanol–water partition coefficient (Wildman–Crippen LogP) is 4.48. The number of benzene rings is 2. The summed E-state index contributed by atoms with van der Waals surface area (Å²) in [6.45, 7) is 3.65. The summed E-state index contributed by atoms with van der Waals surface area (Å²) >= 11 is 0. The summed E-state index contributed by atoms with van der Waals surface area (Å²) in [6, 6.07) is 15.7. The van der Waals surface area contributed by atoms with Gasteiger partial charge in [0.1, 0.15) is 17.3 Å². The molecule has 3 rings (SSSR count). The predicted molar refractivity (Wildman–Crippen MR) is 93.1 cm³/mol. The number of hydrogen-bond donors (Lipinski definition) is 0. The third-order valence-electron chi connectivity index (χ3n) is 3.89. The third kappa shape index (κ3) is 4.71. The summed E-state index contributed by atoms with van der Waals surface area (Å²) in [5, 5.41) is 0. The maximum absolute atomic E-state index is 10.8. The van der Waals surface area contributed by atoms with Crippen molar-refractivity contribution < 1.29 is 14.3 Å². The van der Waals surface area contributed by atoms with Crippen molar-refractivity contribution in [3.05, 3.63) is 66.2 Å². The molecule has 120 valence electrons. The Morgan fingerprint density at radius 3 is 1.78 bits per heavy atom. The Labute approximate surface area is 137 Å². The highest BCUT2D eigenvalue weighted by molar-refractivity contribution is 5.86. The Kier molecular flexibility index (Phi) is 5.98. The molecule has 2 aromatic rings. The molecule has 0 amide bonds. The molecule has 1 aliphatic carbocycles. The van der Waals surface area contributed by atoms with Gasteiger partial charge in [0.15, 0.2) is 0 Å². The average Bonchev–Trinajstić information content (AvgIpc) is 2.60. The van der Waals surface area contributed by atoms with Gasteiger partial charge >= 0.3 is 0 Å². The molecular formula is C20H22O3. The lowest BCUT2D eigenvalue weighted by Gasteiger charge is -2.24. The zero-order valence-electron chi connectivity index (χ0n) is 13.6. The lowest BCUT2D eigenvalue weighted by molar-refractivity contribution is -0.124. The molecule has 0 heterocycles. The Bertz CT molecular complexity index is 634. The largest absolute Gasteiger partial charge is 0.497 e. The lowest BCUT2D eigenvalue weighted by atomic mass is 9.79. The molecule has 0 aliphatic heterocycles. The van der Waals surface area contributed by atoms with Gasteiger partial charge in [-0.2, -0.15) is 0 Å². The fourth-order valence-corrected chi connectivity index (χ4v) is 2.34. The first-order valence-corrected chi connectivity index (χ1v) is 7.58. The van der Waals surface area contributed by atoms with Crippen LogP contribution in [0.25, 0.3) is 6.08 Å². The summed E-state index contributed by atoms with van der Waals surface area (Å²) in [6.07, 6.45) is 3.23. The lowest BCUT2D eigenvalue weighted by Crippen LogP contribution is -2.20. The van der Waals surface area contributed by atoms with Crippen LogP contribution in [0, 0.1) is 0 Å². The molecule has 3 heteroatoms. The van der Waals surface area contributed by atoms with Crippen LogP contribution in [-0.4, -0.2) is 20.0 Å². The van der Waals surface area contributed by atoms with E-state index >= 15 is 0 Å². The number of ether oxygens (including phenoxy) is 2. The molecule has 0 aromatic heterocycles. The Morgan fingerprint density at radius 2 is 1.39 bits per heavy atom. The number of carbonyl (C=O) groups excluding carboxylic acids is 1. The second-order valence-corrected chi connectivity index (χ2v) is 5.39. The molecule has 0 atom stereocenters. The van der Waals surface area contributed by atoms with Crippen LogP contribution < -0.4 is 9.47 Å². The van der Waals surface area contributed by atoms with Crippen molar-refractivity contribution in [2.24, 2.45) is 0 Å². The highest BCUT2D eigenvalue weighted by Crippen LogP contribution is 2.34. The van der Waals surface area contributed by atoms with Gasteiger partial charge in [-0.1, -0.05) is 36.9 Å². The highest BCUT2D eigenvalue weighted by atomic mass is 16.5. The number of carbonyl (C=O) groups is 1. The van der Waals surface area contributed by atoms with Gasteiger partial charge in [0.05, 0.1) is 14.2 Å². The Hall–Kier alpha value is -2.55. The third-order valence-corrected chi connectivity index (χ3v) is 3.89. The molecule has 0 spiro atoms. The van der Waals surface area contributed by atoms with Gasteiger partial charge in [-0.05, 0) is 41.3 Å². The van der Waals surface area contributed by atoms with Crippen molar-refractivity contribution in [3.63, 3.8) is 0 Å². The average molecular weight is 310 g/mol. The minimum Gasteiger partial charge on any atom is -0.497 e. The quantitative estimate of drug-likeness (QED) is 0.835. The summed E-state index contributed by atoms with van der Waals surface area (Å²) in [4.78, 5) is 10.8. The van der Waals surface area contributed by atoms with Crippen LogP contribution in [0.1, 0.15) is 29.9 Å². The van der Waals surface area contributed by atoms with Crippen molar-refractivity contribution in [2.75, 3.05) is 14.2 Å². The monoisotopic (exact) mass is 310 g/mol. The molecule has 1 saturated carbocycles. The SMILES string of the molecule is C=Cc1ccc(OC)cc1.COc1ccc(C2CC(=O)C2)cc1. The van der Waals surface area contributed by atoms with Crippen molar-refractivity contribution in [2.45, 2.75) is 18.8 Å². The second-order valence-electron chi connectivity index (χ2n) is 5.39. The number of rotatable bonds is 4. The first-order valence-electron chi connectivity index (χ1n) is 7.58. The fraction of sp³-hybridized carbons (Fsp3) is 0.250. The first kappa shape index (κ1) is 16.8. The number of Topliss-reactive ketones (excluding diaryl/α,β-unsaturated/α-hetero) is 1. The Morgan fingerprint density at radius 1 is 0.913 bits per heavy atom. The van der Waals surface area contributed by atoms with Crippen LogP contribution >= 0.6 is 0 Å². The topological polar surface area (TPSA) is 35.5 Å². The minimum absolute atomic E-state index is 0.376. The zero-order chi connectivity index (χ0) is 16.7. The maximum atomic E-state index is 10.8. The Balaban J connectivity index is 0.000000174. The van der Waals surface area contributed by atoms with E-state index in [2.05, 4.69) is 6.58 Å². The van der Waals surface area contributed by atoms with E-state index in [-0.39, 0.29) is 0 Å². The molecule has 0 unspecified atom stereocenters. The minimum atomic E-state index is 0.376. The van der Waals surface area contributed by atoms with E-state index in [1.165, 1.54) is 5.56 Å². The van der Waals surface area contributed by atoms with Crippen LogP contribution in [0.15, 0.2) is 55.1 Å². The summed E-state index contributed by atoms with van der Waals surface area (Å²) in [5.74, 6) is 2.58. The molecule has 3 nitrogen and oxygen atoms in total. The van der Waals surface area contributed by atoms with Crippen LogP contribution in [0.5, 0.6) is 11.5 Å².